The summed E-state index contributed by atoms with van der Waals surface area (Å²) in [6, 6.07) is 33.8. The lowest BCUT2D eigenvalue weighted by Gasteiger charge is -2.30. The molecule has 1 heterocycles. The first-order valence-electron chi connectivity index (χ1n) is 14.4. The number of halogens is 1. The van der Waals surface area contributed by atoms with Gasteiger partial charge >= 0.3 is 0 Å². The maximum absolute atomic E-state index is 14.1. The monoisotopic (exact) mass is 638 g/mol. The number of aliphatic imine (C=N–C) groups is 1. The van der Waals surface area contributed by atoms with Crippen molar-refractivity contribution in [3.63, 3.8) is 0 Å². The van der Waals surface area contributed by atoms with Gasteiger partial charge in [-0.15, -0.1) is 6.58 Å². The fourth-order valence-corrected chi connectivity index (χ4v) is 5.41. The Morgan fingerprint density at radius 1 is 0.953 bits per heavy atom. The lowest BCUT2D eigenvalue weighted by atomic mass is 9.84. The highest BCUT2D eigenvalue weighted by molar-refractivity contribution is 9.10. The molecule has 220 valence electrons. The molecule has 2 atom stereocenters. The molecule has 1 amide bonds. The van der Waals surface area contributed by atoms with E-state index in [4.69, 9.17) is 19.6 Å². The molecule has 2 N–H and O–H groups in total. The van der Waals surface area contributed by atoms with Gasteiger partial charge in [0.05, 0.1) is 6.61 Å². The Morgan fingerprint density at radius 2 is 1.63 bits per heavy atom. The Morgan fingerprint density at radius 3 is 2.30 bits per heavy atom. The van der Waals surface area contributed by atoms with E-state index in [1.165, 1.54) is 0 Å². The molecule has 0 bridgehead atoms. The number of carbonyl (C=O) groups excluding carboxylic acids is 1. The van der Waals surface area contributed by atoms with E-state index in [0.29, 0.717) is 44.1 Å². The van der Waals surface area contributed by atoms with Crippen molar-refractivity contribution >= 4 is 27.7 Å². The van der Waals surface area contributed by atoms with E-state index in [9.17, 15) is 4.79 Å². The molecule has 7 heteroatoms. The van der Waals surface area contributed by atoms with Gasteiger partial charge in [-0.25, -0.2) is 4.99 Å². The lowest BCUT2D eigenvalue weighted by Crippen LogP contribution is -2.48. The van der Waals surface area contributed by atoms with Gasteiger partial charge in [0, 0.05) is 36.0 Å². The molecule has 0 aliphatic carbocycles. The molecule has 0 unspecified atom stereocenters. The average Bonchev–Trinajstić information content (AvgIpc) is 3.43. The van der Waals surface area contributed by atoms with Crippen molar-refractivity contribution < 1.29 is 19.4 Å². The van der Waals surface area contributed by atoms with Gasteiger partial charge in [0.2, 0.25) is 5.90 Å². The van der Waals surface area contributed by atoms with Crippen LogP contribution in [0.5, 0.6) is 5.75 Å². The van der Waals surface area contributed by atoms with Crippen LogP contribution in [0.25, 0.3) is 11.1 Å². The third kappa shape index (κ3) is 7.24. The first-order chi connectivity index (χ1) is 21.0. The number of aliphatic hydroxyl groups is 1. The smallest absolute Gasteiger partial charge is 0.252 e. The van der Waals surface area contributed by atoms with Gasteiger partial charge < -0.3 is 19.9 Å². The van der Waals surface area contributed by atoms with Crippen LogP contribution >= 0.6 is 15.9 Å². The summed E-state index contributed by atoms with van der Waals surface area (Å²) in [6.07, 6.45) is 2.62. The summed E-state index contributed by atoms with van der Waals surface area (Å²) < 4.78 is 13.2. The second-order valence-electron chi connectivity index (χ2n) is 10.4. The SMILES string of the molecule is C=CC[C@@]1(C(=O)NCCc2ccc(Br)cc2)N=C(c2ccc(OCCCO)cc2)O[C@@H]1c1ccc(-c2ccccc2)cc1. The van der Waals surface area contributed by atoms with Crippen LogP contribution in [-0.4, -0.2) is 42.2 Å². The van der Waals surface area contributed by atoms with Gasteiger partial charge in [-0.3, -0.25) is 4.79 Å². The van der Waals surface area contributed by atoms with Gasteiger partial charge in [-0.05, 0) is 65.1 Å². The van der Waals surface area contributed by atoms with Crippen molar-refractivity contribution in [2.24, 2.45) is 4.99 Å². The maximum atomic E-state index is 14.1. The zero-order valence-corrected chi connectivity index (χ0v) is 25.5. The zero-order chi connectivity index (χ0) is 30.1. The van der Waals surface area contributed by atoms with Crippen LogP contribution < -0.4 is 10.1 Å². The van der Waals surface area contributed by atoms with Gasteiger partial charge in [-0.2, -0.15) is 0 Å². The van der Waals surface area contributed by atoms with E-state index in [2.05, 4.69) is 52.1 Å². The predicted octanol–water partition coefficient (Wildman–Crippen LogP) is 7.07. The van der Waals surface area contributed by atoms with E-state index >= 15 is 0 Å². The highest BCUT2D eigenvalue weighted by Crippen LogP contribution is 2.43. The molecule has 1 aliphatic heterocycles. The standard InChI is InChI=1S/C36H35BrN2O4/c1-2-22-36(35(41)38-23-21-26-9-17-31(37)18-10-26)33(29-13-11-28(12-14-29)27-7-4-3-5-8-27)43-34(39-36)30-15-19-32(20-16-30)42-25-6-24-40/h2-5,7-20,33,40H,1,6,21-25H2,(H,38,41)/t33-,36-/m1/s1. The summed E-state index contributed by atoms with van der Waals surface area (Å²) in [5.74, 6) is 0.872. The van der Waals surface area contributed by atoms with Crippen LogP contribution in [0.1, 0.15) is 35.6 Å². The molecule has 6 nitrogen and oxygen atoms in total. The fraction of sp³-hybridized carbons (Fsp3) is 0.222. The molecule has 4 aromatic carbocycles. The van der Waals surface area contributed by atoms with Crippen molar-refractivity contribution in [3.8, 4) is 16.9 Å². The average molecular weight is 640 g/mol. The predicted molar refractivity (Wildman–Crippen MR) is 174 cm³/mol. The third-order valence-corrected chi connectivity index (χ3v) is 7.95. The number of ether oxygens (including phenoxy) is 2. The summed E-state index contributed by atoms with van der Waals surface area (Å²) in [5.41, 5.74) is 3.68. The van der Waals surface area contributed by atoms with E-state index in [1.54, 1.807) is 6.08 Å². The van der Waals surface area contributed by atoms with Crippen molar-refractivity contribution in [1.29, 1.82) is 0 Å². The second kappa shape index (κ2) is 14.3. The van der Waals surface area contributed by atoms with Gasteiger partial charge in [0.15, 0.2) is 11.6 Å². The topological polar surface area (TPSA) is 80.2 Å². The van der Waals surface area contributed by atoms with Crippen LogP contribution in [0.4, 0.5) is 0 Å². The molecule has 0 saturated carbocycles. The van der Waals surface area contributed by atoms with E-state index in [1.807, 2.05) is 78.9 Å². The van der Waals surface area contributed by atoms with E-state index < -0.39 is 11.6 Å². The number of hydrogen-bond donors (Lipinski definition) is 2. The van der Waals surface area contributed by atoms with E-state index in [0.717, 1.165) is 32.3 Å². The summed E-state index contributed by atoms with van der Waals surface area (Å²) in [7, 11) is 0. The molecule has 0 spiro atoms. The van der Waals surface area contributed by atoms with Crippen LogP contribution in [0, 0.1) is 0 Å². The summed E-state index contributed by atoms with van der Waals surface area (Å²) in [6.45, 7) is 4.94. The number of benzene rings is 4. The van der Waals surface area contributed by atoms with Gasteiger partial charge in [0.1, 0.15) is 5.75 Å². The van der Waals surface area contributed by atoms with Crippen LogP contribution in [0.2, 0.25) is 0 Å². The molecule has 4 aromatic rings. The lowest BCUT2D eigenvalue weighted by molar-refractivity contribution is -0.128. The first-order valence-corrected chi connectivity index (χ1v) is 15.2. The molecule has 0 radical (unpaired) electrons. The number of nitrogens with zero attached hydrogens (tertiary/aromatic N) is 1. The zero-order valence-electron chi connectivity index (χ0n) is 23.9. The molecule has 0 fully saturated rings. The van der Waals surface area contributed by atoms with Crippen molar-refractivity contribution in [1.82, 2.24) is 5.32 Å². The summed E-state index contributed by atoms with van der Waals surface area (Å²) >= 11 is 3.47. The highest BCUT2D eigenvalue weighted by Gasteiger charge is 2.52. The van der Waals surface area contributed by atoms with Crippen LogP contribution in [-0.2, 0) is 16.0 Å². The molecule has 5 rings (SSSR count). The minimum absolute atomic E-state index is 0.0764. The van der Waals surface area contributed by atoms with Crippen molar-refractivity contribution in [3.05, 3.63) is 137 Å². The number of hydrogen-bond acceptors (Lipinski definition) is 5. The molecule has 0 saturated heterocycles. The van der Waals surface area contributed by atoms with Crippen molar-refractivity contribution in [2.45, 2.75) is 30.9 Å². The molecule has 43 heavy (non-hydrogen) atoms. The number of amides is 1. The molecular formula is C36H35BrN2O4. The number of carbonyl (C=O) groups is 1. The number of nitrogens with one attached hydrogen (secondary N) is 1. The maximum Gasteiger partial charge on any atom is 0.252 e. The van der Waals surface area contributed by atoms with E-state index in [-0.39, 0.29) is 12.5 Å². The van der Waals surface area contributed by atoms with Gasteiger partial charge in [0.25, 0.3) is 5.91 Å². The molecular weight excluding hydrogens is 604 g/mol. The largest absolute Gasteiger partial charge is 0.494 e. The third-order valence-electron chi connectivity index (χ3n) is 7.42. The minimum Gasteiger partial charge on any atom is -0.494 e. The normalized spacial score (nSPS) is 17.5. The van der Waals surface area contributed by atoms with Gasteiger partial charge in [-0.1, -0.05) is 88.7 Å². The molecule has 0 aromatic heterocycles. The first kappa shape index (κ1) is 30.3. The van der Waals surface area contributed by atoms with Crippen LogP contribution in [0.15, 0.2) is 125 Å². The Labute approximate surface area is 261 Å². The Hall–Kier alpha value is -4.20. The Balaban J connectivity index is 1.43. The number of rotatable bonds is 13. The minimum atomic E-state index is -1.23. The molecule has 1 aliphatic rings. The highest BCUT2D eigenvalue weighted by atomic mass is 79.9. The Kier molecular flexibility index (Phi) is 10.1. The quantitative estimate of drug-likeness (QED) is 0.121. The van der Waals surface area contributed by atoms with Crippen molar-refractivity contribution in [2.75, 3.05) is 19.8 Å². The summed E-state index contributed by atoms with van der Waals surface area (Å²) in [5, 5.41) is 12.2. The Bertz CT molecular complexity index is 1540. The van der Waals surface area contributed by atoms with Crippen LogP contribution in [0.3, 0.4) is 0 Å². The number of aliphatic hydroxyl groups excluding tert-OH is 1. The summed E-state index contributed by atoms with van der Waals surface area (Å²) in [4.78, 5) is 19.0. The fourth-order valence-electron chi connectivity index (χ4n) is 5.14. The second-order valence-corrected chi connectivity index (χ2v) is 11.3.